The summed E-state index contributed by atoms with van der Waals surface area (Å²) in [7, 11) is 3.36. The molecule has 1 aliphatic heterocycles. The minimum absolute atomic E-state index is 0.0957. The molecule has 0 amide bonds. The van der Waals surface area contributed by atoms with E-state index in [1.54, 1.807) is 14.2 Å². The summed E-state index contributed by atoms with van der Waals surface area (Å²) in [6.07, 6.45) is 1.56. The van der Waals surface area contributed by atoms with Crippen LogP contribution < -0.4 is 5.32 Å². The Hall–Kier alpha value is -2.45. The number of imidazole rings is 1. The van der Waals surface area contributed by atoms with Gasteiger partial charge in [0.1, 0.15) is 12.2 Å². The molecule has 4 rings (SSSR count). The van der Waals surface area contributed by atoms with Crippen LogP contribution in [0.5, 0.6) is 0 Å². The molecule has 0 spiro atoms. The molecular weight excluding hydrogens is 394 g/mol. The maximum Gasteiger partial charge on any atom is 0.161 e. The lowest BCUT2D eigenvalue weighted by Crippen LogP contribution is -2.40. The molecule has 0 saturated heterocycles. The number of rotatable bonds is 9. The third kappa shape index (κ3) is 4.32. The van der Waals surface area contributed by atoms with Crippen molar-refractivity contribution in [2.75, 3.05) is 46.0 Å². The lowest BCUT2D eigenvalue weighted by molar-refractivity contribution is -0.101. The summed E-state index contributed by atoms with van der Waals surface area (Å²) in [5.41, 5.74) is 6.22. The highest BCUT2D eigenvalue weighted by atomic mass is 16.6. The van der Waals surface area contributed by atoms with E-state index in [1.165, 1.54) is 0 Å². The molecule has 3 heterocycles. The second kappa shape index (κ2) is 9.78. The number of nitrogens with one attached hydrogen (secondary N) is 1. The van der Waals surface area contributed by atoms with E-state index < -0.39 is 0 Å². The summed E-state index contributed by atoms with van der Waals surface area (Å²) in [6, 6.07) is 12.4. The average Bonchev–Trinajstić information content (AvgIpc) is 3.09. The van der Waals surface area contributed by atoms with Crippen molar-refractivity contribution >= 4 is 11.3 Å². The zero-order valence-electron chi connectivity index (χ0n) is 18.6. The SMILES string of the molecule is COCCO[C@@H]1[C@@H](c2ccccc2)Nc2c(ccn3c(C)c(C)nc23)[C@H]1OCCOC. The van der Waals surface area contributed by atoms with E-state index in [2.05, 4.69) is 41.0 Å². The molecule has 0 aliphatic carbocycles. The van der Waals surface area contributed by atoms with E-state index >= 15 is 0 Å². The van der Waals surface area contributed by atoms with Crippen LogP contribution in [0.4, 0.5) is 5.69 Å². The summed E-state index contributed by atoms with van der Waals surface area (Å²) in [5, 5.41) is 3.73. The molecule has 1 aromatic carbocycles. The number of benzene rings is 1. The second-order valence-corrected chi connectivity index (χ2v) is 7.77. The quantitative estimate of drug-likeness (QED) is 0.525. The number of hydrogen-bond donors (Lipinski definition) is 1. The third-order valence-electron chi connectivity index (χ3n) is 5.88. The Morgan fingerprint density at radius 3 is 2.35 bits per heavy atom. The van der Waals surface area contributed by atoms with Crippen LogP contribution in [0.1, 0.15) is 34.7 Å². The maximum absolute atomic E-state index is 6.36. The fourth-order valence-electron chi connectivity index (χ4n) is 4.15. The van der Waals surface area contributed by atoms with Gasteiger partial charge >= 0.3 is 0 Å². The molecule has 0 radical (unpaired) electrons. The van der Waals surface area contributed by atoms with E-state index in [4.69, 9.17) is 23.9 Å². The minimum Gasteiger partial charge on any atom is -0.382 e. The van der Waals surface area contributed by atoms with Crippen molar-refractivity contribution in [1.82, 2.24) is 9.38 Å². The number of aromatic nitrogens is 2. The molecule has 166 valence electrons. The Morgan fingerprint density at radius 2 is 1.65 bits per heavy atom. The van der Waals surface area contributed by atoms with Crippen molar-refractivity contribution in [3.8, 4) is 0 Å². The van der Waals surface area contributed by atoms with Crippen molar-refractivity contribution in [2.45, 2.75) is 32.1 Å². The third-order valence-corrected chi connectivity index (χ3v) is 5.88. The standard InChI is InChI=1S/C24H31N3O4/c1-16-17(2)27-11-10-19-21(24(27)25-16)26-20(18-8-6-5-7-9-18)23(31-15-13-29-4)22(19)30-14-12-28-3/h5-11,20,22-23,26H,12-15H2,1-4H3/t20-,22-,23-/m1/s1. The Labute approximate surface area is 183 Å². The second-order valence-electron chi connectivity index (χ2n) is 7.77. The van der Waals surface area contributed by atoms with Gasteiger partial charge in [-0.15, -0.1) is 0 Å². The van der Waals surface area contributed by atoms with Crippen LogP contribution in [-0.4, -0.2) is 56.1 Å². The number of hydrogen-bond acceptors (Lipinski definition) is 6. The lowest BCUT2D eigenvalue weighted by atomic mass is 9.88. The zero-order chi connectivity index (χ0) is 21.8. The highest BCUT2D eigenvalue weighted by molar-refractivity contribution is 5.75. The molecule has 0 unspecified atom stereocenters. The van der Waals surface area contributed by atoms with Gasteiger partial charge in [0.15, 0.2) is 5.65 Å². The normalized spacial score (nSPS) is 20.6. The van der Waals surface area contributed by atoms with Crippen LogP contribution in [0.3, 0.4) is 0 Å². The summed E-state index contributed by atoms with van der Waals surface area (Å²) < 4.78 is 25.3. The molecule has 7 nitrogen and oxygen atoms in total. The molecule has 2 aromatic heterocycles. The predicted molar refractivity (Wildman–Crippen MR) is 120 cm³/mol. The summed E-state index contributed by atoms with van der Waals surface area (Å²) in [5.74, 6) is 0. The van der Waals surface area contributed by atoms with Crippen LogP contribution in [0.25, 0.3) is 5.65 Å². The molecule has 7 heteroatoms. The molecular formula is C24H31N3O4. The van der Waals surface area contributed by atoms with Gasteiger partial charge in [0.2, 0.25) is 0 Å². The summed E-state index contributed by atoms with van der Waals surface area (Å²) in [4.78, 5) is 4.84. The van der Waals surface area contributed by atoms with Gasteiger partial charge in [-0.05, 0) is 25.5 Å². The summed E-state index contributed by atoms with van der Waals surface area (Å²) >= 11 is 0. The molecule has 0 bridgehead atoms. The van der Waals surface area contributed by atoms with Gasteiger partial charge < -0.3 is 28.7 Å². The number of aryl methyl sites for hydroxylation is 2. The first-order valence-corrected chi connectivity index (χ1v) is 10.7. The molecule has 0 saturated carbocycles. The van der Waals surface area contributed by atoms with Crippen LogP contribution >= 0.6 is 0 Å². The van der Waals surface area contributed by atoms with Crippen molar-refractivity contribution < 1.29 is 18.9 Å². The van der Waals surface area contributed by atoms with Crippen LogP contribution in [0.15, 0.2) is 42.6 Å². The van der Waals surface area contributed by atoms with Gasteiger partial charge in [-0.3, -0.25) is 0 Å². The Balaban J connectivity index is 1.81. The van der Waals surface area contributed by atoms with E-state index in [1.807, 2.05) is 25.1 Å². The highest BCUT2D eigenvalue weighted by Gasteiger charge is 2.40. The monoisotopic (exact) mass is 425 g/mol. The van der Waals surface area contributed by atoms with Crippen molar-refractivity contribution in [1.29, 1.82) is 0 Å². The van der Waals surface area contributed by atoms with Crippen LogP contribution in [0, 0.1) is 13.8 Å². The van der Waals surface area contributed by atoms with Gasteiger partial charge in [-0.1, -0.05) is 30.3 Å². The van der Waals surface area contributed by atoms with Gasteiger partial charge in [-0.25, -0.2) is 4.98 Å². The first-order chi connectivity index (χ1) is 15.2. The van der Waals surface area contributed by atoms with Gasteiger partial charge in [0.05, 0.1) is 43.9 Å². The van der Waals surface area contributed by atoms with E-state index in [-0.39, 0.29) is 18.2 Å². The number of nitrogens with zero attached hydrogens (tertiary/aromatic N) is 2. The van der Waals surface area contributed by atoms with Crippen LogP contribution in [-0.2, 0) is 18.9 Å². The minimum atomic E-state index is -0.268. The fourth-order valence-corrected chi connectivity index (χ4v) is 4.15. The number of pyridine rings is 1. The number of ether oxygens (including phenoxy) is 4. The smallest absolute Gasteiger partial charge is 0.161 e. The van der Waals surface area contributed by atoms with E-state index in [9.17, 15) is 0 Å². The van der Waals surface area contributed by atoms with E-state index in [0.717, 1.165) is 33.8 Å². The Bertz CT molecular complexity index is 1000. The number of methoxy groups -OCH3 is 2. The Morgan fingerprint density at radius 1 is 0.935 bits per heavy atom. The van der Waals surface area contributed by atoms with Crippen molar-refractivity contribution in [2.24, 2.45) is 0 Å². The van der Waals surface area contributed by atoms with Gasteiger partial charge in [0, 0.05) is 31.7 Å². The number of fused-ring (bicyclic) bond motifs is 3. The topological polar surface area (TPSA) is 66.3 Å². The summed E-state index contributed by atoms with van der Waals surface area (Å²) in [6.45, 7) is 6.12. The average molecular weight is 426 g/mol. The predicted octanol–water partition coefficient (Wildman–Crippen LogP) is 3.85. The van der Waals surface area contributed by atoms with Crippen molar-refractivity contribution in [3.63, 3.8) is 0 Å². The molecule has 1 aliphatic rings. The highest BCUT2D eigenvalue weighted by Crippen LogP contribution is 2.44. The number of anilines is 1. The Kier molecular flexibility index (Phi) is 6.87. The van der Waals surface area contributed by atoms with E-state index in [0.29, 0.717) is 26.4 Å². The molecule has 0 fully saturated rings. The van der Waals surface area contributed by atoms with Gasteiger partial charge in [-0.2, -0.15) is 0 Å². The first-order valence-electron chi connectivity index (χ1n) is 10.7. The molecule has 31 heavy (non-hydrogen) atoms. The molecule has 3 atom stereocenters. The maximum atomic E-state index is 6.36. The van der Waals surface area contributed by atoms with Crippen molar-refractivity contribution in [3.05, 3.63) is 65.1 Å². The first kappa shape index (κ1) is 21.8. The molecule has 1 N–H and O–H groups in total. The largest absolute Gasteiger partial charge is 0.382 e. The zero-order valence-corrected chi connectivity index (χ0v) is 18.6. The lowest BCUT2D eigenvalue weighted by Gasteiger charge is -2.40. The molecule has 3 aromatic rings. The fraction of sp³-hybridized carbons (Fsp3) is 0.458. The van der Waals surface area contributed by atoms with Gasteiger partial charge in [0.25, 0.3) is 0 Å². The van der Waals surface area contributed by atoms with Crippen LogP contribution in [0.2, 0.25) is 0 Å².